The highest BCUT2D eigenvalue weighted by Crippen LogP contribution is 2.28. The Labute approximate surface area is 115 Å². The normalized spacial score (nSPS) is 23.9. The number of halogens is 2. The maximum atomic E-state index is 12.1. The van der Waals surface area contributed by atoms with Gasteiger partial charge >= 0.3 is 0 Å². The molecule has 2 nitrogen and oxygen atoms in total. The summed E-state index contributed by atoms with van der Waals surface area (Å²) in [6.07, 6.45) is 3.34. The van der Waals surface area contributed by atoms with Crippen LogP contribution < -0.4 is 5.73 Å². The third-order valence-corrected chi connectivity index (χ3v) is 4.21. The number of hydrogen-bond donors (Lipinski definition) is 1. The number of carbonyl (C=O) groups excluding carboxylic acids is 1. The highest BCUT2D eigenvalue weighted by molar-refractivity contribution is 9.10. The van der Waals surface area contributed by atoms with Crippen molar-refractivity contribution in [2.75, 3.05) is 0 Å². The van der Waals surface area contributed by atoms with E-state index in [2.05, 4.69) is 15.9 Å². The molecule has 2 unspecified atom stereocenters. The molecular weight excluding hydrogens is 302 g/mol. The van der Waals surface area contributed by atoms with Gasteiger partial charge in [-0.05, 0) is 30.5 Å². The quantitative estimate of drug-likeness (QED) is 0.929. The fraction of sp³-hybridized carbons (Fsp3) is 0.462. The lowest BCUT2D eigenvalue weighted by molar-refractivity contribution is -0.122. The van der Waals surface area contributed by atoms with Crippen molar-refractivity contribution >= 4 is 33.3 Å². The van der Waals surface area contributed by atoms with Crippen LogP contribution in [0.2, 0.25) is 5.02 Å². The van der Waals surface area contributed by atoms with E-state index in [0.29, 0.717) is 11.4 Å². The van der Waals surface area contributed by atoms with E-state index in [-0.39, 0.29) is 17.7 Å². The SMILES string of the molecule is NC1CCCC1C(=O)Cc1ccc(Br)cc1Cl. The van der Waals surface area contributed by atoms with Crippen LogP contribution in [0.4, 0.5) is 0 Å². The van der Waals surface area contributed by atoms with Crippen molar-refractivity contribution in [3.05, 3.63) is 33.3 Å². The number of ketones is 1. The molecule has 2 N–H and O–H groups in total. The zero-order valence-corrected chi connectivity index (χ0v) is 11.8. The zero-order valence-electron chi connectivity index (χ0n) is 9.46. The van der Waals surface area contributed by atoms with Gasteiger partial charge < -0.3 is 5.73 Å². The molecule has 0 aliphatic heterocycles. The number of benzene rings is 1. The molecule has 2 rings (SSSR count). The van der Waals surface area contributed by atoms with Crippen LogP contribution in [0.3, 0.4) is 0 Å². The fourth-order valence-corrected chi connectivity index (χ4v) is 3.11. The molecule has 0 saturated heterocycles. The van der Waals surface area contributed by atoms with Crippen molar-refractivity contribution in [1.29, 1.82) is 0 Å². The molecule has 92 valence electrons. The maximum Gasteiger partial charge on any atom is 0.141 e. The van der Waals surface area contributed by atoms with Crippen molar-refractivity contribution in [3.63, 3.8) is 0 Å². The van der Waals surface area contributed by atoms with Crippen LogP contribution in [0.1, 0.15) is 24.8 Å². The predicted molar refractivity (Wildman–Crippen MR) is 73.2 cm³/mol. The largest absolute Gasteiger partial charge is 0.327 e. The second-order valence-corrected chi connectivity index (χ2v) is 5.90. The summed E-state index contributed by atoms with van der Waals surface area (Å²) < 4.78 is 0.927. The summed E-state index contributed by atoms with van der Waals surface area (Å²) in [4.78, 5) is 12.1. The first kappa shape index (κ1) is 13.1. The number of nitrogens with two attached hydrogens (primary N) is 1. The van der Waals surface area contributed by atoms with Crippen LogP contribution in [0.25, 0.3) is 0 Å². The molecule has 4 heteroatoms. The van der Waals surface area contributed by atoms with E-state index in [1.54, 1.807) is 0 Å². The number of Topliss-reactive ketones (excluding diaryl/α,β-unsaturated/α-hetero) is 1. The molecule has 0 heterocycles. The maximum absolute atomic E-state index is 12.1. The van der Waals surface area contributed by atoms with Crippen molar-refractivity contribution in [3.8, 4) is 0 Å². The topological polar surface area (TPSA) is 43.1 Å². The summed E-state index contributed by atoms with van der Waals surface area (Å²) in [5, 5.41) is 0.638. The van der Waals surface area contributed by atoms with Crippen LogP contribution in [0.5, 0.6) is 0 Å². The second kappa shape index (κ2) is 5.51. The average Bonchev–Trinajstić information content (AvgIpc) is 2.68. The van der Waals surface area contributed by atoms with Gasteiger partial charge in [0.2, 0.25) is 0 Å². The van der Waals surface area contributed by atoms with Crippen molar-refractivity contribution in [1.82, 2.24) is 0 Å². The Morgan fingerprint density at radius 1 is 1.47 bits per heavy atom. The third kappa shape index (κ3) is 3.09. The summed E-state index contributed by atoms with van der Waals surface area (Å²) in [5.41, 5.74) is 6.82. The Morgan fingerprint density at radius 3 is 2.82 bits per heavy atom. The Bertz CT molecular complexity index is 435. The van der Waals surface area contributed by atoms with Gasteiger partial charge in [-0.1, -0.05) is 40.0 Å². The lowest BCUT2D eigenvalue weighted by Crippen LogP contribution is -2.31. The lowest BCUT2D eigenvalue weighted by Gasteiger charge is -2.14. The molecular formula is C13H15BrClNO. The lowest BCUT2D eigenvalue weighted by atomic mass is 9.94. The van der Waals surface area contributed by atoms with E-state index in [0.717, 1.165) is 29.3 Å². The van der Waals surface area contributed by atoms with E-state index >= 15 is 0 Å². The monoisotopic (exact) mass is 315 g/mol. The van der Waals surface area contributed by atoms with Crippen LogP contribution in [-0.2, 0) is 11.2 Å². The van der Waals surface area contributed by atoms with Crippen LogP contribution in [0.15, 0.2) is 22.7 Å². The minimum absolute atomic E-state index is 0.0229. The van der Waals surface area contributed by atoms with Crippen molar-refractivity contribution < 1.29 is 4.79 Å². The number of hydrogen-bond acceptors (Lipinski definition) is 2. The molecule has 1 aromatic carbocycles. The van der Waals surface area contributed by atoms with Gasteiger partial charge in [-0.2, -0.15) is 0 Å². The van der Waals surface area contributed by atoms with Gasteiger partial charge in [-0.3, -0.25) is 4.79 Å². The summed E-state index contributed by atoms with van der Waals surface area (Å²) in [6, 6.07) is 5.66. The molecule has 17 heavy (non-hydrogen) atoms. The molecule has 1 aliphatic rings. The summed E-state index contributed by atoms with van der Waals surface area (Å²) >= 11 is 9.45. The van der Waals surface area contributed by atoms with E-state index in [4.69, 9.17) is 17.3 Å². The van der Waals surface area contributed by atoms with E-state index < -0.39 is 0 Å². The first-order chi connectivity index (χ1) is 8.08. The molecule has 0 spiro atoms. The highest BCUT2D eigenvalue weighted by atomic mass is 79.9. The Balaban J connectivity index is 2.07. The van der Waals surface area contributed by atoms with Gasteiger partial charge in [-0.25, -0.2) is 0 Å². The molecule has 2 atom stereocenters. The number of rotatable bonds is 3. The summed E-state index contributed by atoms with van der Waals surface area (Å²) in [6.45, 7) is 0. The Hall–Kier alpha value is -0.380. The van der Waals surface area contributed by atoms with E-state index in [1.165, 1.54) is 0 Å². The molecule has 1 fully saturated rings. The molecule has 1 aromatic rings. The van der Waals surface area contributed by atoms with Gasteiger partial charge in [0.05, 0.1) is 0 Å². The first-order valence-corrected chi connectivity index (χ1v) is 6.97. The second-order valence-electron chi connectivity index (χ2n) is 4.58. The molecule has 0 bridgehead atoms. The van der Waals surface area contributed by atoms with Gasteiger partial charge in [0.15, 0.2) is 0 Å². The summed E-state index contributed by atoms with van der Waals surface area (Å²) in [7, 11) is 0. The molecule has 1 saturated carbocycles. The first-order valence-electron chi connectivity index (χ1n) is 5.80. The standard InChI is InChI=1S/C13H15BrClNO/c14-9-5-4-8(11(15)7-9)6-13(17)10-2-1-3-12(10)16/h4-5,7,10,12H,1-3,6,16H2. The van der Waals surface area contributed by atoms with Gasteiger partial charge in [0.1, 0.15) is 5.78 Å². The number of carbonyl (C=O) groups is 1. The van der Waals surface area contributed by atoms with Crippen LogP contribution in [0, 0.1) is 5.92 Å². The van der Waals surface area contributed by atoms with Gasteiger partial charge in [0, 0.05) is 27.9 Å². The highest BCUT2D eigenvalue weighted by Gasteiger charge is 2.30. The zero-order chi connectivity index (χ0) is 12.4. The molecule has 0 radical (unpaired) electrons. The summed E-state index contributed by atoms with van der Waals surface area (Å²) in [5.74, 6) is 0.244. The average molecular weight is 317 g/mol. The van der Waals surface area contributed by atoms with E-state index in [1.807, 2.05) is 18.2 Å². The predicted octanol–water partition coefficient (Wildman–Crippen LogP) is 3.34. The third-order valence-electron chi connectivity index (χ3n) is 3.36. The van der Waals surface area contributed by atoms with E-state index in [9.17, 15) is 4.79 Å². The Kier molecular flexibility index (Phi) is 4.23. The molecule has 1 aliphatic carbocycles. The smallest absolute Gasteiger partial charge is 0.141 e. The Morgan fingerprint density at radius 2 is 2.24 bits per heavy atom. The van der Waals surface area contributed by atoms with Gasteiger partial charge in [0.25, 0.3) is 0 Å². The molecule has 0 amide bonds. The molecule has 0 aromatic heterocycles. The van der Waals surface area contributed by atoms with Crippen LogP contribution in [-0.4, -0.2) is 11.8 Å². The van der Waals surface area contributed by atoms with Crippen molar-refractivity contribution in [2.45, 2.75) is 31.7 Å². The van der Waals surface area contributed by atoms with Crippen LogP contribution >= 0.6 is 27.5 Å². The van der Waals surface area contributed by atoms with Crippen molar-refractivity contribution in [2.24, 2.45) is 11.7 Å². The fourth-order valence-electron chi connectivity index (χ4n) is 2.37. The minimum Gasteiger partial charge on any atom is -0.327 e. The van der Waals surface area contributed by atoms with Gasteiger partial charge in [-0.15, -0.1) is 0 Å². The minimum atomic E-state index is 0.0229.